The number of rotatable bonds is 6. The molecule has 1 saturated heterocycles. The first-order valence-corrected chi connectivity index (χ1v) is 9.97. The first kappa shape index (κ1) is 19.4. The molecule has 2 aromatic carbocycles. The number of sulfonamides is 1. The summed E-state index contributed by atoms with van der Waals surface area (Å²) in [4.78, 5) is 2.05. The number of hydrogen-bond acceptors (Lipinski definition) is 5. The molecule has 1 fully saturated rings. The Morgan fingerprint density at radius 2 is 1.89 bits per heavy atom. The van der Waals surface area contributed by atoms with Crippen LogP contribution in [0.1, 0.15) is 5.56 Å². The van der Waals surface area contributed by atoms with E-state index in [4.69, 9.17) is 0 Å². The van der Waals surface area contributed by atoms with Crippen molar-refractivity contribution in [2.45, 2.75) is 18.4 Å². The van der Waals surface area contributed by atoms with Gasteiger partial charge in [-0.1, -0.05) is 12.1 Å². The van der Waals surface area contributed by atoms with E-state index >= 15 is 0 Å². The number of nitrogens with one attached hydrogen (secondary N) is 2. The van der Waals surface area contributed by atoms with E-state index in [1.54, 1.807) is 12.1 Å². The van der Waals surface area contributed by atoms with Gasteiger partial charge >= 0.3 is 6.61 Å². The van der Waals surface area contributed by atoms with Crippen molar-refractivity contribution in [3.05, 3.63) is 48.0 Å². The monoisotopic (exact) mass is 397 g/mol. The molecule has 146 valence electrons. The van der Waals surface area contributed by atoms with Crippen molar-refractivity contribution < 1.29 is 21.9 Å². The highest BCUT2D eigenvalue weighted by Gasteiger charge is 2.18. The zero-order valence-corrected chi connectivity index (χ0v) is 15.6. The number of alkyl halides is 2. The lowest BCUT2D eigenvalue weighted by Crippen LogP contribution is -2.43. The summed E-state index contributed by atoms with van der Waals surface area (Å²) in [6.45, 7) is 2.36. The van der Waals surface area contributed by atoms with Crippen LogP contribution in [0.5, 0.6) is 5.75 Å². The van der Waals surface area contributed by atoms with Crippen LogP contribution >= 0.6 is 0 Å². The first-order chi connectivity index (χ1) is 12.8. The van der Waals surface area contributed by atoms with Gasteiger partial charge in [0.1, 0.15) is 5.75 Å². The van der Waals surface area contributed by atoms with Crippen LogP contribution in [0, 0.1) is 6.92 Å². The molecular weight excluding hydrogens is 376 g/mol. The maximum absolute atomic E-state index is 12.6. The number of halogens is 2. The van der Waals surface area contributed by atoms with Gasteiger partial charge in [-0.3, -0.25) is 4.72 Å². The second kappa shape index (κ2) is 8.10. The number of aryl methyl sites for hydroxylation is 1. The van der Waals surface area contributed by atoms with Gasteiger partial charge in [-0.05, 0) is 36.8 Å². The van der Waals surface area contributed by atoms with Gasteiger partial charge in [0, 0.05) is 37.9 Å². The summed E-state index contributed by atoms with van der Waals surface area (Å²) in [7, 11) is -3.94. The van der Waals surface area contributed by atoms with Crippen molar-refractivity contribution in [1.82, 2.24) is 5.32 Å². The van der Waals surface area contributed by atoms with Gasteiger partial charge in [0.25, 0.3) is 10.0 Å². The van der Waals surface area contributed by atoms with E-state index in [0.717, 1.165) is 43.5 Å². The number of anilines is 2. The third-order valence-electron chi connectivity index (χ3n) is 4.26. The summed E-state index contributed by atoms with van der Waals surface area (Å²) in [5, 5.41) is 3.28. The van der Waals surface area contributed by atoms with Gasteiger partial charge in [0.05, 0.1) is 10.6 Å². The van der Waals surface area contributed by atoms with Crippen LogP contribution in [-0.4, -0.2) is 41.2 Å². The molecule has 0 bridgehead atoms. The first-order valence-electron chi connectivity index (χ1n) is 8.49. The molecule has 1 aliphatic heterocycles. The average molecular weight is 397 g/mol. The lowest BCUT2D eigenvalue weighted by atomic mass is 10.1. The molecule has 0 radical (unpaired) electrons. The summed E-state index contributed by atoms with van der Waals surface area (Å²) >= 11 is 0. The fraction of sp³-hybridized carbons (Fsp3) is 0.333. The van der Waals surface area contributed by atoms with Gasteiger partial charge in [0.15, 0.2) is 0 Å². The van der Waals surface area contributed by atoms with Crippen LogP contribution in [0.2, 0.25) is 0 Å². The second-order valence-corrected chi connectivity index (χ2v) is 7.88. The molecule has 0 aromatic heterocycles. The molecule has 0 aliphatic carbocycles. The Morgan fingerprint density at radius 3 is 2.59 bits per heavy atom. The highest BCUT2D eigenvalue weighted by molar-refractivity contribution is 7.92. The zero-order valence-electron chi connectivity index (χ0n) is 14.8. The van der Waals surface area contributed by atoms with Crippen molar-refractivity contribution in [1.29, 1.82) is 0 Å². The van der Waals surface area contributed by atoms with Crippen molar-refractivity contribution in [3.63, 3.8) is 0 Å². The number of hydrogen-bond donors (Lipinski definition) is 2. The predicted octanol–water partition coefficient (Wildman–Crippen LogP) is 2.81. The van der Waals surface area contributed by atoms with Crippen molar-refractivity contribution >= 4 is 21.4 Å². The van der Waals surface area contributed by atoms with Crippen LogP contribution in [0.3, 0.4) is 0 Å². The number of piperazine rings is 1. The molecule has 0 saturated carbocycles. The van der Waals surface area contributed by atoms with E-state index in [2.05, 4.69) is 19.7 Å². The van der Waals surface area contributed by atoms with E-state index in [1.807, 2.05) is 13.0 Å². The Balaban J connectivity index is 1.83. The quantitative estimate of drug-likeness (QED) is 0.785. The van der Waals surface area contributed by atoms with E-state index in [1.165, 1.54) is 18.2 Å². The molecule has 6 nitrogen and oxygen atoms in total. The zero-order chi connectivity index (χ0) is 19.4. The third-order valence-corrected chi connectivity index (χ3v) is 5.64. The van der Waals surface area contributed by atoms with Crippen molar-refractivity contribution in [2.24, 2.45) is 0 Å². The molecule has 0 unspecified atom stereocenters. The molecule has 1 aliphatic rings. The van der Waals surface area contributed by atoms with E-state index in [9.17, 15) is 17.2 Å². The van der Waals surface area contributed by atoms with Crippen LogP contribution in [0.4, 0.5) is 20.2 Å². The predicted molar refractivity (Wildman–Crippen MR) is 100 cm³/mol. The smallest absolute Gasteiger partial charge is 0.387 e. The minimum Gasteiger partial charge on any atom is -0.435 e. The highest BCUT2D eigenvalue weighted by atomic mass is 32.2. The van der Waals surface area contributed by atoms with Gasteiger partial charge < -0.3 is 15.0 Å². The summed E-state index contributed by atoms with van der Waals surface area (Å²) in [6.07, 6.45) is 0. The van der Waals surface area contributed by atoms with Crippen LogP contribution < -0.4 is 19.7 Å². The van der Waals surface area contributed by atoms with Gasteiger partial charge in [-0.2, -0.15) is 8.78 Å². The molecule has 27 heavy (non-hydrogen) atoms. The summed E-state index contributed by atoms with van der Waals surface area (Å²) in [5.41, 5.74) is 2.42. The normalized spacial score (nSPS) is 15.0. The van der Waals surface area contributed by atoms with Gasteiger partial charge in [-0.15, -0.1) is 0 Å². The van der Waals surface area contributed by atoms with Crippen LogP contribution in [-0.2, 0) is 10.0 Å². The number of ether oxygens (including phenoxy) is 1. The Morgan fingerprint density at radius 1 is 1.15 bits per heavy atom. The molecule has 3 rings (SSSR count). The largest absolute Gasteiger partial charge is 0.435 e. The standard InChI is InChI=1S/C18H21F2N3O3S/c1-13-5-6-14(11-17(13)23-9-7-21-8-10-23)22-27(24,25)16-4-2-3-15(12-16)26-18(19)20/h2-6,11-12,18,21-22H,7-10H2,1H3. The Labute approximate surface area is 157 Å². The topological polar surface area (TPSA) is 70.7 Å². The molecule has 2 N–H and O–H groups in total. The maximum atomic E-state index is 12.6. The molecule has 0 spiro atoms. The molecule has 9 heteroatoms. The average Bonchev–Trinajstić information content (AvgIpc) is 2.63. The maximum Gasteiger partial charge on any atom is 0.387 e. The summed E-state index contributed by atoms with van der Waals surface area (Å²) in [6, 6.07) is 10.3. The Hall–Kier alpha value is -2.39. The Kier molecular flexibility index (Phi) is 5.81. The summed E-state index contributed by atoms with van der Waals surface area (Å²) < 4.78 is 56.8. The SMILES string of the molecule is Cc1ccc(NS(=O)(=O)c2cccc(OC(F)F)c2)cc1N1CCNCC1. The van der Waals surface area contributed by atoms with E-state index in [0.29, 0.717) is 5.69 Å². The van der Waals surface area contributed by atoms with Crippen molar-refractivity contribution in [2.75, 3.05) is 35.8 Å². The summed E-state index contributed by atoms with van der Waals surface area (Å²) in [5.74, 6) is -0.210. The molecule has 1 heterocycles. The fourth-order valence-electron chi connectivity index (χ4n) is 2.95. The molecular formula is C18H21F2N3O3S. The van der Waals surface area contributed by atoms with Crippen molar-refractivity contribution in [3.8, 4) is 5.75 Å². The minimum absolute atomic E-state index is 0.148. The van der Waals surface area contributed by atoms with Gasteiger partial charge in [0.2, 0.25) is 0 Å². The second-order valence-electron chi connectivity index (χ2n) is 6.20. The van der Waals surface area contributed by atoms with Gasteiger partial charge in [-0.25, -0.2) is 8.42 Å². The van der Waals surface area contributed by atoms with Crippen LogP contribution in [0.15, 0.2) is 47.4 Å². The van der Waals surface area contributed by atoms with E-state index in [-0.39, 0.29) is 10.6 Å². The van der Waals surface area contributed by atoms with Crippen LogP contribution in [0.25, 0.3) is 0 Å². The lowest BCUT2D eigenvalue weighted by Gasteiger charge is -2.31. The fourth-order valence-corrected chi connectivity index (χ4v) is 4.04. The number of nitrogens with zero attached hydrogens (tertiary/aromatic N) is 1. The molecule has 2 aromatic rings. The highest BCUT2D eigenvalue weighted by Crippen LogP contribution is 2.27. The Bertz CT molecular complexity index is 900. The van der Waals surface area contributed by atoms with E-state index < -0.39 is 16.6 Å². The molecule has 0 atom stereocenters. The third kappa shape index (κ3) is 4.86. The molecule has 0 amide bonds. The number of benzene rings is 2. The minimum atomic E-state index is -3.94. The lowest BCUT2D eigenvalue weighted by molar-refractivity contribution is -0.0499.